The first-order chi connectivity index (χ1) is 11.9. The maximum atomic E-state index is 4.45. The molecule has 0 N–H and O–H groups in total. The number of allylic oxidation sites excluding steroid dienone is 2. The Hall–Kier alpha value is -2.61. The summed E-state index contributed by atoms with van der Waals surface area (Å²) >= 11 is 0. The van der Waals surface area contributed by atoms with Crippen molar-refractivity contribution in [1.82, 2.24) is 0 Å². The van der Waals surface area contributed by atoms with Gasteiger partial charge in [0.2, 0.25) is 0 Å². The Bertz CT molecular complexity index is 944. The lowest BCUT2D eigenvalue weighted by Crippen LogP contribution is -2.39. The molecule has 0 aromatic heterocycles. The second-order valence-corrected chi connectivity index (χ2v) is 7.90. The molecule has 0 amide bonds. The molecule has 4 rings (SSSR count). The Morgan fingerprint density at radius 2 is 1.48 bits per heavy atom. The van der Waals surface area contributed by atoms with Gasteiger partial charge in [-0.25, -0.2) is 4.99 Å². The van der Waals surface area contributed by atoms with Crippen molar-refractivity contribution in [2.24, 2.45) is 4.99 Å². The van der Waals surface area contributed by atoms with Crippen LogP contribution in [0.2, 0.25) is 0 Å². The van der Waals surface area contributed by atoms with Gasteiger partial charge in [-0.3, -0.25) is 4.90 Å². The molecule has 0 unspecified atom stereocenters. The van der Waals surface area contributed by atoms with E-state index in [9.17, 15) is 0 Å². The van der Waals surface area contributed by atoms with Crippen LogP contribution in [0.25, 0.3) is 0 Å². The Morgan fingerprint density at radius 1 is 0.880 bits per heavy atom. The molecule has 0 bridgehead atoms. The summed E-state index contributed by atoms with van der Waals surface area (Å²) in [5.41, 5.74) is 7.28. The van der Waals surface area contributed by atoms with Gasteiger partial charge in [-0.15, -0.1) is 0 Å². The first-order valence-corrected chi connectivity index (χ1v) is 8.73. The molecule has 2 heteroatoms. The Kier molecular flexibility index (Phi) is 3.15. The van der Waals surface area contributed by atoms with Crippen LogP contribution in [0.1, 0.15) is 44.4 Å². The van der Waals surface area contributed by atoms with Crippen molar-refractivity contribution in [1.29, 1.82) is 0 Å². The van der Waals surface area contributed by atoms with E-state index in [1.165, 1.54) is 28.1 Å². The largest absolute Gasteiger partial charge is 0.294 e. The van der Waals surface area contributed by atoms with Gasteiger partial charge in [0.25, 0.3) is 0 Å². The zero-order chi connectivity index (χ0) is 18.0. The normalized spacial score (nSPS) is 19.1. The minimum Gasteiger partial charge on any atom is -0.294 e. The third-order valence-electron chi connectivity index (χ3n) is 5.90. The monoisotopic (exact) mass is 328 g/mol. The van der Waals surface area contributed by atoms with Gasteiger partial charge in [0.05, 0.1) is 11.4 Å². The minimum absolute atomic E-state index is 0.0630. The summed E-state index contributed by atoms with van der Waals surface area (Å²) in [6, 6.07) is 15.3. The molecule has 25 heavy (non-hydrogen) atoms. The Balaban J connectivity index is 2.20. The molecular weight excluding hydrogens is 304 g/mol. The highest BCUT2D eigenvalue weighted by Crippen LogP contribution is 2.57. The van der Waals surface area contributed by atoms with Crippen molar-refractivity contribution in [2.45, 2.75) is 38.5 Å². The number of fused-ring (bicyclic) bond motifs is 2. The van der Waals surface area contributed by atoms with E-state index in [0.29, 0.717) is 0 Å². The quantitative estimate of drug-likeness (QED) is 0.631. The van der Waals surface area contributed by atoms with Crippen molar-refractivity contribution in [3.8, 4) is 0 Å². The summed E-state index contributed by atoms with van der Waals surface area (Å²) in [6.07, 6.45) is 1.93. The van der Waals surface area contributed by atoms with Crippen molar-refractivity contribution in [3.63, 3.8) is 0 Å². The molecule has 2 aromatic carbocycles. The van der Waals surface area contributed by atoms with E-state index in [2.05, 4.69) is 93.3 Å². The summed E-state index contributed by atoms with van der Waals surface area (Å²) < 4.78 is 0. The van der Waals surface area contributed by atoms with Crippen LogP contribution in [-0.2, 0) is 10.8 Å². The average Bonchev–Trinajstić information content (AvgIpc) is 2.60. The molecule has 0 spiro atoms. The lowest BCUT2D eigenvalue weighted by Gasteiger charge is -2.48. The maximum Gasteiger partial charge on any atom is 0.140 e. The Labute approximate surface area is 150 Å². The fourth-order valence-corrected chi connectivity index (χ4v) is 4.52. The van der Waals surface area contributed by atoms with Crippen molar-refractivity contribution in [3.05, 3.63) is 83.2 Å². The summed E-state index contributed by atoms with van der Waals surface area (Å²) in [4.78, 5) is 6.73. The van der Waals surface area contributed by atoms with Gasteiger partial charge in [-0.1, -0.05) is 76.7 Å². The molecule has 2 aliphatic rings. The summed E-state index contributed by atoms with van der Waals surface area (Å²) in [5, 5.41) is 0. The first-order valence-electron chi connectivity index (χ1n) is 8.73. The number of aliphatic imine (C=N–C) groups is 1. The van der Waals surface area contributed by atoms with Gasteiger partial charge >= 0.3 is 0 Å². The number of rotatable bonds is 2. The van der Waals surface area contributed by atoms with Gasteiger partial charge < -0.3 is 0 Å². The van der Waals surface area contributed by atoms with Gasteiger partial charge in [-0.05, 0) is 29.5 Å². The van der Waals surface area contributed by atoms with Gasteiger partial charge in [0, 0.05) is 16.4 Å². The summed E-state index contributed by atoms with van der Waals surface area (Å²) in [5.74, 6) is 0.892. The highest BCUT2D eigenvalue weighted by Gasteiger charge is 2.45. The van der Waals surface area contributed by atoms with Gasteiger partial charge in [-0.2, -0.15) is 0 Å². The second-order valence-electron chi connectivity index (χ2n) is 7.90. The number of anilines is 2. The molecule has 0 saturated carbocycles. The molecule has 126 valence electrons. The molecular formula is C23H24N2. The van der Waals surface area contributed by atoms with Crippen LogP contribution < -0.4 is 4.90 Å². The lowest BCUT2D eigenvalue weighted by atomic mass is 9.67. The van der Waals surface area contributed by atoms with E-state index >= 15 is 0 Å². The molecule has 0 fully saturated rings. The summed E-state index contributed by atoms with van der Waals surface area (Å²) in [6.45, 7) is 17.1. The minimum atomic E-state index is -0.164. The summed E-state index contributed by atoms with van der Waals surface area (Å²) in [7, 11) is 0. The van der Waals surface area contributed by atoms with Crippen molar-refractivity contribution >= 4 is 18.1 Å². The van der Waals surface area contributed by atoms with Crippen molar-refractivity contribution in [2.75, 3.05) is 4.90 Å². The second kappa shape index (κ2) is 4.95. The third kappa shape index (κ3) is 1.82. The zero-order valence-corrected chi connectivity index (χ0v) is 15.4. The van der Waals surface area contributed by atoms with Crippen LogP contribution in [0.4, 0.5) is 11.4 Å². The smallest absolute Gasteiger partial charge is 0.140 e. The van der Waals surface area contributed by atoms with Crippen LogP contribution >= 0.6 is 0 Å². The lowest BCUT2D eigenvalue weighted by molar-refractivity contribution is 0.585. The third-order valence-corrected chi connectivity index (χ3v) is 5.90. The predicted molar refractivity (Wildman–Crippen MR) is 107 cm³/mol. The molecule has 0 radical (unpaired) electrons. The van der Waals surface area contributed by atoms with E-state index in [1.54, 1.807) is 0 Å². The van der Waals surface area contributed by atoms with Crippen LogP contribution in [0.5, 0.6) is 0 Å². The molecule has 2 nitrogen and oxygen atoms in total. The molecule has 2 aliphatic heterocycles. The molecule has 0 saturated heterocycles. The molecule has 0 aliphatic carbocycles. The standard InChI is InChI=1S/C23H24N2/c1-7-15-21(24-6)25-19-14-9-8-11-16(19)23(4,5)18-13-10-12-17(20(18)25)22(15,2)3/h7-14H,1,6H2,2-5H3. The zero-order valence-electron chi connectivity index (χ0n) is 15.4. The topological polar surface area (TPSA) is 15.6 Å². The molecule has 2 heterocycles. The number of nitrogens with zero attached hydrogens (tertiary/aromatic N) is 2. The van der Waals surface area contributed by atoms with E-state index < -0.39 is 0 Å². The number of para-hydroxylation sites is 2. The van der Waals surface area contributed by atoms with Crippen LogP contribution in [0.3, 0.4) is 0 Å². The Morgan fingerprint density at radius 3 is 2.12 bits per heavy atom. The SMILES string of the molecule is C=CC1=C(N=C)N2c3ccccc3C(C)(C)c3cccc(c32)C1(C)C. The number of hydrogen-bond acceptors (Lipinski definition) is 2. The van der Waals surface area contributed by atoms with Crippen molar-refractivity contribution < 1.29 is 0 Å². The van der Waals surface area contributed by atoms with E-state index in [4.69, 9.17) is 0 Å². The van der Waals surface area contributed by atoms with E-state index in [1.807, 2.05) is 6.08 Å². The number of hydrogen-bond donors (Lipinski definition) is 0. The molecule has 0 atom stereocenters. The molecule has 2 aromatic rings. The highest BCUT2D eigenvalue weighted by atomic mass is 15.2. The first kappa shape index (κ1) is 15.9. The fourth-order valence-electron chi connectivity index (χ4n) is 4.52. The van der Waals surface area contributed by atoms with E-state index in [-0.39, 0.29) is 10.8 Å². The van der Waals surface area contributed by atoms with Gasteiger partial charge in [0.1, 0.15) is 5.82 Å². The van der Waals surface area contributed by atoms with Gasteiger partial charge in [0.15, 0.2) is 0 Å². The number of benzene rings is 2. The predicted octanol–water partition coefficient (Wildman–Crippen LogP) is 5.85. The average molecular weight is 328 g/mol. The van der Waals surface area contributed by atoms with Crippen LogP contribution in [0.15, 0.2) is 71.5 Å². The van der Waals surface area contributed by atoms with Crippen LogP contribution in [0, 0.1) is 0 Å². The van der Waals surface area contributed by atoms with Crippen LogP contribution in [-0.4, -0.2) is 6.72 Å². The maximum absolute atomic E-state index is 4.45. The van der Waals surface area contributed by atoms with E-state index in [0.717, 1.165) is 11.4 Å². The fraction of sp³-hybridized carbons (Fsp3) is 0.261. The highest BCUT2D eigenvalue weighted by molar-refractivity contribution is 5.86.